The average Bonchev–Trinajstić information content (AvgIpc) is 2.77. The van der Waals surface area contributed by atoms with E-state index in [-0.39, 0.29) is 6.10 Å². The summed E-state index contributed by atoms with van der Waals surface area (Å²) in [5, 5.41) is 2.04. The number of thiophene rings is 1. The minimum absolute atomic E-state index is 0.0234. The number of nitrogens with two attached hydrogens (primary N) is 1. The van der Waals surface area contributed by atoms with Gasteiger partial charge in [-0.15, -0.1) is 11.3 Å². The van der Waals surface area contributed by atoms with Crippen LogP contribution in [0.15, 0.2) is 17.5 Å². The molecule has 4 heteroatoms. The van der Waals surface area contributed by atoms with E-state index in [1.807, 2.05) is 11.4 Å². The summed E-state index contributed by atoms with van der Waals surface area (Å²) in [6.07, 6.45) is 1.07. The van der Waals surface area contributed by atoms with Crippen molar-refractivity contribution in [2.75, 3.05) is 26.4 Å². The van der Waals surface area contributed by atoms with Crippen LogP contribution in [0.5, 0.6) is 0 Å². The number of hydrogen-bond donors (Lipinski definition) is 1. The van der Waals surface area contributed by atoms with Gasteiger partial charge in [0.2, 0.25) is 0 Å². The van der Waals surface area contributed by atoms with Crippen molar-refractivity contribution in [2.24, 2.45) is 5.73 Å². The molecule has 0 bridgehead atoms. The molecule has 0 aromatic carbocycles. The molecule has 3 nitrogen and oxygen atoms in total. The molecule has 1 unspecified atom stereocenters. The number of ether oxygens (including phenoxy) is 2. The molecule has 0 aliphatic rings. The molecule has 1 aromatic rings. The molecule has 86 valence electrons. The van der Waals surface area contributed by atoms with Crippen molar-refractivity contribution in [1.82, 2.24) is 0 Å². The first-order valence-corrected chi connectivity index (χ1v) is 6.19. The predicted molar refractivity (Wildman–Crippen MR) is 63.2 cm³/mol. The molecular weight excluding hydrogens is 210 g/mol. The molecule has 0 saturated heterocycles. The third-order valence-corrected chi connectivity index (χ3v) is 2.93. The fourth-order valence-corrected chi connectivity index (χ4v) is 2.02. The van der Waals surface area contributed by atoms with Gasteiger partial charge in [-0.05, 0) is 17.9 Å². The van der Waals surface area contributed by atoms with Crippen molar-refractivity contribution < 1.29 is 9.47 Å². The van der Waals surface area contributed by atoms with Gasteiger partial charge in [0.1, 0.15) is 6.10 Å². The molecule has 1 heterocycles. The van der Waals surface area contributed by atoms with Crippen LogP contribution in [-0.2, 0) is 9.47 Å². The van der Waals surface area contributed by atoms with Gasteiger partial charge < -0.3 is 15.2 Å². The Labute approximate surface area is 95.2 Å². The molecule has 0 radical (unpaired) electrons. The second kappa shape index (κ2) is 7.82. The molecule has 15 heavy (non-hydrogen) atoms. The van der Waals surface area contributed by atoms with Crippen molar-refractivity contribution in [2.45, 2.75) is 19.4 Å². The van der Waals surface area contributed by atoms with Crippen molar-refractivity contribution in [3.8, 4) is 0 Å². The molecule has 0 fully saturated rings. The minimum atomic E-state index is 0.0234. The van der Waals surface area contributed by atoms with Gasteiger partial charge in [0, 0.05) is 18.0 Å². The zero-order valence-corrected chi connectivity index (χ0v) is 9.96. The highest BCUT2D eigenvalue weighted by Gasteiger charge is 2.10. The van der Waals surface area contributed by atoms with Gasteiger partial charge in [0.05, 0.1) is 13.2 Å². The van der Waals surface area contributed by atoms with Crippen LogP contribution in [0.2, 0.25) is 0 Å². The lowest BCUT2D eigenvalue weighted by Gasteiger charge is -2.14. The lowest BCUT2D eigenvalue weighted by Crippen LogP contribution is -2.17. The van der Waals surface area contributed by atoms with Crippen molar-refractivity contribution in [1.29, 1.82) is 0 Å². The minimum Gasteiger partial charge on any atom is -0.379 e. The fourth-order valence-electron chi connectivity index (χ4n) is 1.24. The summed E-state index contributed by atoms with van der Waals surface area (Å²) in [5.41, 5.74) is 5.65. The van der Waals surface area contributed by atoms with E-state index in [1.165, 1.54) is 4.88 Å². The average molecular weight is 229 g/mol. The van der Waals surface area contributed by atoms with Crippen LogP contribution in [0, 0.1) is 0 Å². The SMILES string of the molecule is CCCOCCOC(CN)c1cccs1. The monoisotopic (exact) mass is 229 g/mol. The van der Waals surface area contributed by atoms with E-state index >= 15 is 0 Å². The summed E-state index contributed by atoms with van der Waals surface area (Å²) < 4.78 is 11.0. The van der Waals surface area contributed by atoms with Crippen molar-refractivity contribution in [3.63, 3.8) is 0 Å². The standard InChI is InChI=1S/C11H19NO2S/c1-2-5-13-6-7-14-10(9-12)11-4-3-8-15-11/h3-4,8,10H,2,5-7,9,12H2,1H3. The third-order valence-electron chi connectivity index (χ3n) is 1.97. The maximum Gasteiger partial charge on any atom is 0.104 e. The van der Waals surface area contributed by atoms with Crippen molar-refractivity contribution in [3.05, 3.63) is 22.4 Å². The molecular formula is C11H19NO2S. The van der Waals surface area contributed by atoms with Gasteiger partial charge in [-0.25, -0.2) is 0 Å². The predicted octanol–water partition coefficient (Wildman–Crippen LogP) is 2.19. The molecule has 0 aliphatic heterocycles. The summed E-state index contributed by atoms with van der Waals surface area (Å²) in [5.74, 6) is 0. The summed E-state index contributed by atoms with van der Waals surface area (Å²) >= 11 is 1.68. The molecule has 0 aliphatic carbocycles. The first kappa shape index (κ1) is 12.6. The van der Waals surface area contributed by atoms with Gasteiger partial charge in [-0.3, -0.25) is 0 Å². The lowest BCUT2D eigenvalue weighted by molar-refractivity contribution is 0.00907. The zero-order valence-electron chi connectivity index (χ0n) is 9.15. The largest absolute Gasteiger partial charge is 0.379 e. The van der Waals surface area contributed by atoms with Crippen LogP contribution in [0.25, 0.3) is 0 Å². The van der Waals surface area contributed by atoms with Crippen LogP contribution in [0.3, 0.4) is 0 Å². The highest BCUT2D eigenvalue weighted by molar-refractivity contribution is 7.10. The zero-order chi connectivity index (χ0) is 10.9. The molecule has 2 N–H and O–H groups in total. The van der Waals surface area contributed by atoms with Crippen molar-refractivity contribution >= 4 is 11.3 Å². The molecule has 0 spiro atoms. The third kappa shape index (κ3) is 4.75. The van der Waals surface area contributed by atoms with Gasteiger partial charge in [-0.1, -0.05) is 13.0 Å². The first-order chi connectivity index (χ1) is 7.38. The summed E-state index contributed by atoms with van der Waals surface area (Å²) in [7, 11) is 0. The Morgan fingerprint density at radius 3 is 2.87 bits per heavy atom. The van der Waals surface area contributed by atoms with E-state index in [0.29, 0.717) is 19.8 Å². The second-order valence-corrected chi connectivity index (χ2v) is 4.20. The Hall–Kier alpha value is -0.420. The van der Waals surface area contributed by atoms with E-state index in [0.717, 1.165) is 13.0 Å². The Morgan fingerprint density at radius 2 is 2.27 bits per heavy atom. The van der Waals surface area contributed by atoms with E-state index < -0.39 is 0 Å². The van der Waals surface area contributed by atoms with E-state index in [4.69, 9.17) is 15.2 Å². The van der Waals surface area contributed by atoms with Crippen LogP contribution in [0.1, 0.15) is 24.3 Å². The van der Waals surface area contributed by atoms with Gasteiger partial charge in [0.25, 0.3) is 0 Å². The summed E-state index contributed by atoms with van der Waals surface area (Å²) in [6.45, 7) is 4.68. The van der Waals surface area contributed by atoms with E-state index in [1.54, 1.807) is 11.3 Å². The van der Waals surface area contributed by atoms with Gasteiger partial charge in [-0.2, -0.15) is 0 Å². The van der Waals surface area contributed by atoms with Crippen LogP contribution >= 0.6 is 11.3 Å². The maximum atomic E-state index is 5.65. The second-order valence-electron chi connectivity index (χ2n) is 3.22. The van der Waals surface area contributed by atoms with Gasteiger partial charge in [0.15, 0.2) is 0 Å². The highest BCUT2D eigenvalue weighted by Crippen LogP contribution is 2.21. The van der Waals surface area contributed by atoms with Crippen LogP contribution in [-0.4, -0.2) is 26.4 Å². The normalized spacial score (nSPS) is 12.9. The van der Waals surface area contributed by atoms with E-state index in [9.17, 15) is 0 Å². The number of rotatable bonds is 8. The summed E-state index contributed by atoms with van der Waals surface area (Å²) in [6, 6.07) is 4.06. The molecule has 1 aromatic heterocycles. The molecule has 0 amide bonds. The highest BCUT2D eigenvalue weighted by atomic mass is 32.1. The topological polar surface area (TPSA) is 44.5 Å². The Morgan fingerprint density at radius 1 is 1.40 bits per heavy atom. The lowest BCUT2D eigenvalue weighted by atomic mass is 10.3. The number of hydrogen-bond acceptors (Lipinski definition) is 4. The smallest absolute Gasteiger partial charge is 0.104 e. The van der Waals surface area contributed by atoms with Crippen LogP contribution in [0.4, 0.5) is 0 Å². The van der Waals surface area contributed by atoms with Gasteiger partial charge >= 0.3 is 0 Å². The van der Waals surface area contributed by atoms with Crippen LogP contribution < -0.4 is 5.73 Å². The molecule has 1 rings (SSSR count). The molecule has 0 saturated carbocycles. The van der Waals surface area contributed by atoms with E-state index in [2.05, 4.69) is 13.0 Å². The fraction of sp³-hybridized carbons (Fsp3) is 0.636. The summed E-state index contributed by atoms with van der Waals surface area (Å²) in [4.78, 5) is 1.19. The molecule has 1 atom stereocenters. The Kier molecular flexibility index (Phi) is 6.59. The quantitative estimate of drug-likeness (QED) is 0.695. The Balaban J connectivity index is 2.18. The first-order valence-electron chi connectivity index (χ1n) is 5.31. The Bertz CT molecular complexity index is 239. The maximum absolute atomic E-state index is 5.65.